The van der Waals surface area contributed by atoms with Crippen LogP contribution in [-0.2, 0) is 9.59 Å². The van der Waals surface area contributed by atoms with Gasteiger partial charge in [0.2, 0.25) is 11.8 Å². The first kappa shape index (κ1) is 14.7. The van der Waals surface area contributed by atoms with E-state index < -0.39 is 0 Å². The minimum Gasteiger partial charge on any atom is -0.342 e. The highest BCUT2D eigenvalue weighted by molar-refractivity contribution is 5.89. The van der Waals surface area contributed by atoms with Crippen molar-refractivity contribution in [1.29, 1.82) is 0 Å². The molecule has 0 aliphatic carbocycles. The first-order chi connectivity index (χ1) is 8.63. The Morgan fingerprint density at radius 2 is 2.06 bits per heavy atom. The summed E-state index contributed by atoms with van der Waals surface area (Å²) in [6, 6.07) is 0. The molecule has 2 amide bonds. The van der Waals surface area contributed by atoms with Crippen LogP contribution < -0.4 is 0 Å². The number of hydrogen-bond donors (Lipinski definition) is 0. The zero-order valence-corrected chi connectivity index (χ0v) is 11.5. The van der Waals surface area contributed by atoms with Gasteiger partial charge < -0.3 is 9.80 Å². The third kappa shape index (κ3) is 3.59. The molecule has 0 bridgehead atoms. The van der Waals surface area contributed by atoms with E-state index in [4.69, 9.17) is 0 Å². The lowest BCUT2D eigenvalue weighted by atomic mass is 10.1. The lowest BCUT2D eigenvalue weighted by molar-refractivity contribution is -0.136. The zero-order chi connectivity index (χ0) is 13.5. The highest BCUT2D eigenvalue weighted by atomic mass is 16.2. The summed E-state index contributed by atoms with van der Waals surface area (Å²) in [5.74, 6) is 0.0513. The Bertz CT molecular complexity index is 309. The molecule has 0 aromatic rings. The molecule has 1 unspecified atom stereocenters. The summed E-state index contributed by atoms with van der Waals surface area (Å²) < 4.78 is 0. The average molecular weight is 252 g/mol. The maximum atomic E-state index is 12.3. The van der Waals surface area contributed by atoms with E-state index in [0.717, 1.165) is 25.9 Å². The zero-order valence-electron chi connectivity index (χ0n) is 11.5. The van der Waals surface area contributed by atoms with E-state index in [9.17, 15) is 9.59 Å². The Morgan fingerprint density at radius 3 is 2.56 bits per heavy atom. The molecule has 1 fully saturated rings. The molecule has 0 aromatic heterocycles. The fraction of sp³-hybridized carbons (Fsp3) is 0.714. The minimum atomic E-state index is -0.157. The van der Waals surface area contributed by atoms with Gasteiger partial charge in [0.1, 0.15) is 0 Å². The van der Waals surface area contributed by atoms with Crippen LogP contribution in [0.15, 0.2) is 12.7 Å². The molecule has 0 aromatic carbocycles. The largest absolute Gasteiger partial charge is 0.342 e. The van der Waals surface area contributed by atoms with Crippen molar-refractivity contribution >= 4 is 11.8 Å². The molecule has 4 heteroatoms. The van der Waals surface area contributed by atoms with E-state index in [1.54, 1.807) is 11.0 Å². The Morgan fingerprint density at radius 1 is 1.44 bits per heavy atom. The summed E-state index contributed by atoms with van der Waals surface area (Å²) in [5.41, 5.74) is 0. The highest BCUT2D eigenvalue weighted by Crippen LogP contribution is 2.20. The van der Waals surface area contributed by atoms with Gasteiger partial charge in [-0.05, 0) is 12.8 Å². The molecule has 1 aliphatic heterocycles. The van der Waals surface area contributed by atoms with E-state index in [1.807, 2.05) is 4.90 Å². The van der Waals surface area contributed by atoms with Gasteiger partial charge in [0, 0.05) is 32.6 Å². The number of nitrogens with zero attached hydrogens (tertiary/aromatic N) is 2. The predicted octanol–water partition coefficient (Wildman–Crippen LogP) is 1.67. The van der Waals surface area contributed by atoms with E-state index in [1.165, 1.54) is 0 Å². The minimum absolute atomic E-state index is 0.0706. The molecule has 1 rings (SSSR count). The number of amides is 2. The third-order valence-corrected chi connectivity index (χ3v) is 3.21. The molecule has 0 saturated carbocycles. The van der Waals surface area contributed by atoms with Crippen LogP contribution in [0.4, 0.5) is 0 Å². The van der Waals surface area contributed by atoms with Gasteiger partial charge in [-0.2, -0.15) is 0 Å². The monoisotopic (exact) mass is 252 g/mol. The van der Waals surface area contributed by atoms with Crippen molar-refractivity contribution < 1.29 is 9.59 Å². The maximum Gasteiger partial charge on any atom is 0.227 e. The summed E-state index contributed by atoms with van der Waals surface area (Å²) >= 11 is 0. The van der Waals surface area contributed by atoms with E-state index in [0.29, 0.717) is 19.5 Å². The maximum absolute atomic E-state index is 12.3. The quantitative estimate of drug-likeness (QED) is 0.647. The van der Waals surface area contributed by atoms with Crippen molar-refractivity contribution in [3.8, 4) is 0 Å². The lowest BCUT2D eigenvalue weighted by Gasteiger charge is -2.24. The van der Waals surface area contributed by atoms with Crippen LogP contribution in [0.25, 0.3) is 0 Å². The van der Waals surface area contributed by atoms with Gasteiger partial charge in [0.25, 0.3) is 0 Å². The van der Waals surface area contributed by atoms with E-state index in [2.05, 4.69) is 20.4 Å². The van der Waals surface area contributed by atoms with Gasteiger partial charge >= 0.3 is 0 Å². The Kier molecular flexibility index (Phi) is 5.89. The van der Waals surface area contributed by atoms with Crippen molar-refractivity contribution in [3.05, 3.63) is 12.7 Å². The van der Waals surface area contributed by atoms with Crippen LogP contribution in [0.5, 0.6) is 0 Å². The first-order valence-electron chi connectivity index (χ1n) is 6.81. The van der Waals surface area contributed by atoms with Gasteiger partial charge in [0.15, 0.2) is 0 Å². The van der Waals surface area contributed by atoms with Gasteiger partial charge in [-0.1, -0.05) is 19.9 Å². The first-order valence-corrected chi connectivity index (χ1v) is 6.81. The molecule has 1 heterocycles. The second-order valence-corrected chi connectivity index (χ2v) is 4.81. The van der Waals surface area contributed by atoms with Crippen molar-refractivity contribution in [1.82, 2.24) is 9.80 Å². The summed E-state index contributed by atoms with van der Waals surface area (Å²) in [5, 5.41) is 0. The van der Waals surface area contributed by atoms with E-state index in [-0.39, 0.29) is 17.7 Å². The Labute approximate surface area is 110 Å². The molecular formula is C14H24N2O2. The summed E-state index contributed by atoms with van der Waals surface area (Å²) in [6.07, 6.45) is 3.99. The summed E-state index contributed by atoms with van der Waals surface area (Å²) in [4.78, 5) is 27.7. The highest BCUT2D eigenvalue weighted by Gasteiger charge is 2.35. The standard InChI is InChI=1S/C14H24N2O2/c1-4-7-15(8-5-2)14(18)12-10-13(17)16(11-12)9-6-3/h6,12H,3-5,7-11H2,1-2H3. The normalized spacial score (nSPS) is 19.1. The molecule has 1 atom stereocenters. The molecule has 4 nitrogen and oxygen atoms in total. The number of rotatable bonds is 7. The van der Waals surface area contributed by atoms with Crippen LogP contribution in [0.3, 0.4) is 0 Å². The van der Waals surface area contributed by atoms with Gasteiger partial charge in [0.05, 0.1) is 5.92 Å². The Balaban J connectivity index is 2.61. The molecule has 0 spiro atoms. The Hall–Kier alpha value is -1.32. The second-order valence-electron chi connectivity index (χ2n) is 4.81. The summed E-state index contributed by atoms with van der Waals surface area (Å²) in [6.45, 7) is 10.4. The number of carbonyl (C=O) groups excluding carboxylic acids is 2. The van der Waals surface area contributed by atoms with Crippen LogP contribution in [0, 0.1) is 5.92 Å². The number of carbonyl (C=O) groups is 2. The van der Waals surface area contributed by atoms with Crippen molar-refractivity contribution in [2.75, 3.05) is 26.2 Å². The second kappa shape index (κ2) is 7.19. The molecule has 0 radical (unpaired) electrons. The molecule has 1 aliphatic rings. The summed E-state index contributed by atoms with van der Waals surface area (Å²) in [7, 11) is 0. The SMILES string of the molecule is C=CCN1CC(C(=O)N(CCC)CCC)CC1=O. The van der Waals surface area contributed by atoms with Crippen molar-refractivity contribution in [2.24, 2.45) is 5.92 Å². The molecule has 102 valence electrons. The number of likely N-dealkylation sites (tertiary alicyclic amines) is 1. The molecular weight excluding hydrogens is 228 g/mol. The van der Waals surface area contributed by atoms with Gasteiger partial charge in [-0.25, -0.2) is 0 Å². The van der Waals surface area contributed by atoms with Crippen molar-refractivity contribution in [2.45, 2.75) is 33.1 Å². The van der Waals surface area contributed by atoms with E-state index >= 15 is 0 Å². The van der Waals surface area contributed by atoms with Gasteiger partial charge in [-0.3, -0.25) is 9.59 Å². The van der Waals surface area contributed by atoms with Gasteiger partial charge in [-0.15, -0.1) is 6.58 Å². The topological polar surface area (TPSA) is 40.6 Å². The van der Waals surface area contributed by atoms with Crippen LogP contribution in [0.2, 0.25) is 0 Å². The number of hydrogen-bond acceptors (Lipinski definition) is 2. The smallest absolute Gasteiger partial charge is 0.227 e. The van der Waals surface area contributed by atoms with Crippen LogP contribution in [0.1, 0.15) is 33.1 Å². The molecule has 1 saturated heterocycles. The lowest BCUT2D eigenvalue weighted by Crippen LogP contribution is -2.38. The fourth-order valence-corrected chi connectivity index (χ4v) is 2.40. The third-order valence-electron chi connectivity index (χ3n) is 3.21. The fourth-order valence-electron chi connectivity index (χ4n) is 2.40. The predicted molar refractivity (Wildman–Crippen MR) is 72.0 cm³/mol. The van der Waals surface area contributed by atoms with Crippen LogP contribution in [-0.4, -0.2) is 47.8 Å². The average Bonchev–Trinajstić information content (AvgIpc) is 2.70. The van der Waals surface area contributed by atoms with Crippen LogP contribution >= 0.6 is 0 Å². The van der Waals surface area contributed by atoms with Crippen molar-refractivity contribution in [3.63, 3.8) is 0 Å². The molecule has 18 heavy (non-hydrogen) atoms. The molecule has 0 N–H and O–H groups in total.